The van der Waals surface area contributed by atoms with Gasteiger partial charge < -0.3 is 5.32 Å². The Hall–Kier alpha value is -2.95. The van der Waals surface area contributed by atoms with Crippen LogP contribution >= 0.6 is 0 Å². The van der Waals surface area contributed by atoms with Crippen LogP contribution in [0.3, 0.4) is 0 Å². The monoisotopic (exact) mass is 317 g/mol. The second kappa shape index (κ2) is 5.92. The van der Waals surface area contributed by atoms with Crippen molar-refractivity contribution in [2.45, 2.75) is 20.4 Å². The van der Waals surface area contributed by atoms with E-state index in [-0.39, 0.29) is 5.92 Å². The van der Waals surface area contributed by atoms with E-state index in [1.165, 1.54) is 11.1 Å². The lowest BCUT2D eigenvalue weighted by Gasteiger charge is -2.19. The van der Waals surface area contributed by atoms with Crippen LogP contribution in [0.2, 0.25) is 0 Å². The van der Waals surface area contributed by atoms with Crippen molar-refractivity contribution in [3.05, 3.63) is 66.3 Å². The third-order valence-corrected chi connectivity index (χ3v) is 4.27. The lowest BCUT2D eigenvalue weighted by atomic mass is 9.91. The fourth-order valence-corrected chi connectivity index (χ4v) is 3.02. The van der Waals surface area contributed by atoms with Crippen LogP contribution in [0, 0.1) is 12.8 Å². The number of aryl methyl sites for hydroxylation is 2. The van der Waals surface area contributed by atoms with Gasteiger partial charge in [-0.05, 0) is 37.1 Å². The minimum absolute atomic E-state index is 0.129. The maximum Gasteiger partial charge on any atom is 0.153 e. The summed E-state index contributed by atoms with van der Waals surface area (Å²) in [4.78, 5) is 9.11. The highest BCUT2D eigenvalue weighted by Gasteiger charge is 2.30. The predicted octanol–water partition coefficient (Wildman–Crippen LogP) is 3.66. The molecule has 1 N–H and O–H groups in total. The molecule has 1 atom stereocenters. The SMILES string of the molecule is CCn1cc(C2=CN=C3C(Nc4cccc(C)c4)=NC=CC23)cn1. The van der Waals surface area contributed by atoms with Crippen molar-refractivity contribution in [1.82, 2.24) is 9.78 Å². The zero-order valence-electron chi connectivity index (χ0n) is 13.8. The molecular weight excluding hydrogens is 298 g/mol. The van der Waals surface area contributed by atoms with Gasteiger partial charge in [0, 0.05) is 36.4 Å². The van der Waals surface area contributed by atoms with Crippen LogP contribution in [0.15, 0.2) is 65.1 Å². The minimum atomic E-state index is 0.129. The zero-order chi connectivity index (χ0) is 16.5. The Kier molecular flexibility index (Phi) is 3.61. The van der Waals surface area contributed by atoms with Gasteiger partial charge in [-0.15, -0.1) is 0 Å². The van der Waals surface area contributed by atoms with Crippen LogP contribution in [-0.2, 0) is 6.54 Å². The number of nitrogens with zero attached hydrogens (tertiary/aromatic N) is 4. The standard InChI is InChI=1S/C19H19N5/c1-3-24-12-14(10-22-24)17-11-21-18-16(17)7-8-20-19(18)23-15-6-4-5-13(2)9-15/h4-12,16H,3H2,1-2H3,(H,20,23). The number of hydrogen-bond acceptors (Lipinski definition) is 4. The van der Waals surface area contributed by atoms with E-state index in [0.29, 0.717) is 0 Å². The van der Waals surface area contributed by atoms with Crippen LogP contribution in [0.5, 0.6) is 0 Å². The number of anilines is 1. The Morgan fingerprint density at radius 3 is 2.96 bits per heavy atom. The van der Waals surface area contributed by atoms with E-state index < -0.39 is 0 Å². The summed E-state index contributed by atoms with van der Waals surface area (Å²) < 4.78 is 1.93. The zero-order valence-corrected chi connectivity index (χ0v) is 13.8. The van der Waals surface area contributed by atoms with Gasteiger partial charge in [-0.1, -0.05) is 18.2 Å². The Bertz CT molecular complexity index is 898. The molecule has 0 amide bonds. The van der Waals surface area contributed by atoms with Gasteiger partial charge in [0.1, 0.15) is 0 Å². The molecule has 4 rings (SSSR count). The fraction of sp³-hybridized carbons (Fsp3) is 0.211. The lowest BCUT2D eigenvalue weighted by molar-refractivity contribution is 0.659. The topological polar surface area (TPSA) is 54.6 Å². The predicted molar refractivity (Wildman–Crippen MR) is 98.2 cm³/mol. The molecule has 0 bridgehead atoms. The van der Waals surface area contributed by atoms with Crippen LogP contribution in [0.4, 0.5) is 5.69 Å². The molecule has 2 aliphatic rings. The molecule has 2 aliphatic heterocycles. The van der Waals surface area contributed by atoms with E-state index in [4.69, 9.17) is 0 Å². The molecule has 1 aromatic carbocycles. The van der Waals surface area contributed by atoms with Crippen molar-refractivity contribution >= 4 is 22.8 Å². The average Bonchev–Trinajstić information content (AvgIpc) is 3.21. The van der Waals surface area contributed by atoms with E-state index in [0.717, 1.165) is 29.3 Å². The maximum atomic E-state index is 4.62. The summed E-state index contributed by atoms with van der Waals surface area (Å²) in [6.07, 6.45) is 9.84. The van der Waals surface area contributed by atoms with Crippen LogP contribution in [0.1, 0.15) is 18.1 Å². The lowest BCUT2D eigenvalue weighted by Crippen LogP contribution is -2.29. The van der Waals surface area contributed by atoms with Gasteiger partial charge in [0.05, 0.1) is 17.8 Å². The highest BCUT2D eigenvalue weighted by atomic mass is 15.3. The van der Waals surface area contributed by atoms with Crippen LogP contribution < -0.4 is 5.32 Å². The molecular formula is C19H19N5. The number of benzene rings is 1. The Balaban J connectivity index is 1.57. The second-order valence-corrected chi connectivity index (χ2v) is 5.97. The molecule has 0 saturated heterocycles. The third kappa shape index (κ3) is 2.58. The fourth-order valence-electron chi connectivity index (χ4n) is 3.02. The highest BCUT2D eigenvalue weighted by molar-refractivity contribution is 6.49. The van der Waals surface area contributed by atoms with Gasteiger partial charge >= 0.3 is 0 Å². The van der Waals surface area contributed by atoms with E-state index in [2.05, 4.69) is 58.7 Å². The minimum Gasteiger partial charge on any atom is -0.339 e. The van der Waals surface area contributed by atoms with Crippen molar-refractivity contribution in [2.75, 3.05) is 5.32 Å². The van der Waals surface area contributed by atoms with Gasteiger partial charge in [0.2, 0.25) is 0 Å². The molecule has 5 heteroatoms. The summed E-state index contributed by atoms with van der Waals surface area (Å²) >= 11 is 0. The van der Waals surface area contributed by atoms with Crippen molar-refractivity contribution in [3.63, 3.8) is 0 Å². The summed E-state index contributed by atoms with van der Waals surface area (Å²) in [7, 11) is 0. The van der Waals surface area contributed by atoms with E-state index in [1.807, 2.05) is 35.4 Å². The van der Waals surface area contributed by atoms with Gasteiger partial charge in [0.15, 0.2) is 5.84 Å². The van der Waals surface area contributed by atoms with E-state index in [9.17, 15) is 0 Å². The van der Waals surface area contributed by atoms with Crippen molar-refractivity contribution in [1.29, 1.82) is 0 Å². The Morgan fingerprint density at radius 2 is 2.17 bits per heavy atom. The first kappa shape index (κ1) is 14.6. The third-order valence-electron chi connectivity index (χ3n) is 4.27. The highest BCUT2D eigenvalue weighted by Crippen LogP contribution is 2.32. The first-order valence-corrected chi connectivity index (χ1v) is 8.13. The quantitative estimate of drug-likeness (QED) is 0.939. The van der Waals surface area contributed by atoms with Gasteiger partial charge in [0.25, 0.3) is 0 Å². The Morgan fingerprint density at radius 1 is 1.25 bits per heavy atom. The van der Waals surface area contributed by atoms with Crippen LogP contribution in [0.25, 0.3) is 5.57 Å². The maximum absolute atomic E-state index is 4.62. The molecule has 0 aliphatic carbocycles. The van der Waals surface area contributed by atoms with Crippen molar-refractivity contribution in [2.24, 2.45) is 15.9 Å². The molecule has 1 aromatic heterocycles. The summed E-state index contributed by atoms with van der Waals surface area (Å²) in [6, 6.07) is 8.26. The normalized spacial score (nSPS) is 18.8. The summed E-state index contributed by atoms with van der Waals surface area (Å²) in [5.41, 5.74) is 5.47. The largest absolute Gasteiger partial charge is 0.339 e. The molecule has 0 radical (unpaired) electrons. The van der Waals surface area contributed by atoms with Gasteiger partial charge in [-0.2, -0.15) is 5.10 Å². The number of hydrogen-bond donors (Lipinski definition) is 1. The van der Waals surface area contributed by atoms with Gasteiger partial charge in [-0.25, -0.2) is 4.99 Å². The smallest absolute Gasteiger partial charge is 0.153 e. The number of amidine groups is 1. The number of nitrogens with one attached hydrogen (secondary N) is 1. The number of fused-ring (bicyclic) bond motifs is 1. The van der Waals surface area contributed by atoms with Gasteiger partial charge in [-0.3, -0.25) is 9.67 Å². The number of rotatable bonds is 3. The molecule has 3 heterocycles. The molecule has 5 nitrogen and oxygen atoms in total. The average molecular weight is 317 g/mol. The number of aliphatic imine (C=N–C) groups is 2. The summed E-state index contributed by atoms with van der Waals surface area (Å²) in [6.45, 7) is 5.02. The molecule has 2 aromatic rings. The summed E-state index contributed by atoms with van der Waals surface area (Å²) in [5, 5.41) is 7.76. The number of aromatic nitrogens is 2. The molecule has 120 valence electrons. The van der Waals surface area contributed by atoms with Crippen molar-refractivity contribution < 1.29 is 0 Å². The van der Waals surface area contributed by atoms with E-state index >= 15 is 0 Å². The van der Waals surface area contributed by atoms with E-state index in [1.54, 1.807) is 0 Å². The number of allylic oxidation sites excluding steroid dienone is 2. The molecule has 0 spiro atoms. The molecule has 0 saturated carbocycles. The molecule has 24 heavy (non-hydrogen) atoms. The molecule has 0 fully saturated rings. The summed E-state index contributed by atoms with van der Waals surface area (Å²) in [5.74, 6) is 0.937. The first-order valence-electron chi connectivity index (χ1n) is 8.13. The molecule has 1 unspecified atom stereocenters. The first-order chi connectivity index (χ1) is 11.7. The van der Waals surface area contributed by atoms with Crippen molar-refractivity contribution in [3.8, 4) is 0 Å². The second-order valence-electron chi connectivity index (χ2n) is 5.97. The Labute approximate surface area is 141 Å². The van der Waals surface area contributed by atoms with Crippen LogP contribution in [-0.4, -0.2) is 21.3 Å².